The smallest absolute Gasteiger partial charge is 0.348 e. The standard InChI is InChI=1S/C19H21F4N5OS2/c1-18(2)15-9(16(29)27-18)6-13(31-15)14-10(19(21,22)23)7-24-17(26-14)25-12-4-5-28(30-3)8-11(12)20/h6-7,11-12H,4-5,8H2,1-3H3,(H,27,29)(H,24,25,26). The van der Waals surface area contributed by atoms with Crippen LogP contribution in [-0.2, 0) is 11.7 Å². The lowest BCUT2D eigenvalue weighted by Crippen LogP contribution is -2.45. The lowest BCUT2D eigenvalue weighted by molar-refractivity contribution is -0.137. The van der Waals surface area contributed by atoms with Crippen LogP contribution in [0.5, 0.6) is 0 Å². The first-order valence-electron chi connectivity index (χ1n) is 9.60. The van der Waals surface area contributed by atoms with Gasteiger partial charge < -0.3 is 10.6 Å². The van der Waals surface area contributed by atoms with E-state index >= 15 is 0 Å². The minimum Gasteiger partial charge on any atom is -0.348 e. The Morgan fingerprint density at radius 1 is 1.39 bits per heavy atom. The van der Waals surface area contributed by atoms with Crippen molar-refractivity contribution in [3.63, 3.8) is 0 Å². The number of anilines is 1. The molecule has 2 aliphatic heterocycles. The van der Waals surface area contributed by atoms with Gasteiger partial charge in [-0.1, -0.05) is 11.9 Å². The van der Waals surface area contributed by atoms with Crippen molar-refractivity contribution < 1.29 is 22.4 Å². The summed E-state index contributed by atoms with van der Waals surface area (Å²) in [5.74, 6) is -0.394. The van der Waals surface area contributed by atoms with Gasteiger partial charge in [-0.25, -0.2) is 18.7 Å². The molecule has 12 heteroatoms. The third-order valence-corrected chi connectivity index (χ3v) is 7.69. The van der Waals surface area contributed by atoms with E-state index in [-0.39, 0.29) is 29.0 Å². The SMILES string of the molecule is CSN1CCC(Nc2ncc(C(F)(F)F)c(-c3cc4c(s3)C(C)(C)NC4=O)n2)C(F)C1. The quantitative estimate of drug-likeness (QED) is 0.508. The minimum absolute atomic E-state index is 0.0643. The van der Waals surface area contributed by atoms with Crippen LogP contribution in [0.4, 0.5) is 23.5 Å². The molecule has 1 saturated heterocycles. The lowest BCUT2D eigenvalue weighted by atomic mass is 10.0. The van der Waals surface area contributed by atoms with Crippen molar-refractivity contribution in [2.24, 2.45) is 0 Å². The largest absolute Gasteiger partial charge is 0.420 e. The molecule has 2 aromatic rings. The third-order valence-electron chi connectivity index (χ3n) is 5.37. The van der Waals surface area contributed by atoms with E-state index in [4.69, 9.17) is 0 Å². The number of carbonyl (C=O) groups is 1. The van der Waals surface area contributed by atoms with Gasteiger partial charge >= 0.3 is 6.18 Å². The summed E-state index contributed by atoms with van der Waals surface area (Å²) in [6.07, 6.45) is -2.82. The van der Waals surface area contributed by atoms with Gasteiger partial charge in [-0.05, 0) is 32.6 Å². The van der Waals surface area contributed by atoms with Gasteiger partial charge in [0.1, 0.15) is 11.7 Å². The molecule has 2 aliphatic rings. The summed E-state index contributed by atoms with van der Waals surface area (Å²) in [5.41, 5.74) is -1.64. The summed E-state index contributed by atoms with van der Waals surface area (Å²) in [5, 5.41) is 5.66. The van der Waals surface area contributed by atoms with Crippen LogP contribution in [0, 0.1) is 0 Å². The van der Waals surface area contributed by atoms with Crippen LogP contribution >= 0.6 is 23.3 Å². The van der Waals surface area contributed by atoms with Gasteiger partial charge in [-0.3, -0.25) is 4.79 Å². The van der Waals surface area contributed by atoms with Crippen LogP contribution in [0.25, 0.3) is 10.6 Å². The van der Waals surface area contributed by atoms with Crippen LogP contribution in [0.2, 0.25) is 0 Å². The van der Waals surface area contributed by atoms with Crippen molar-refractivity contribution >= 4 is 35.1 Å². The third kappa shape index (κ3) is 4.24. The summed E-state index contributed by atoms with van der Waals surface area (Å²) in [6.45, 7) is 4.44. The highest BCUT2D eigenvalue weighted by Gasteiger charge is 2.40. The van der Waals surface area contributed by atoms with Crippen molar-refractivity contribution in [1.82, 2.24) is 19.6 Å². The number of rotatable bonds is 4. The number of hydrogen-bond acceptors (Lipinski definition) is 7. The first-order valence-corrected chi connectivity index (χ1v) is 11.6. The topological polar surface area (TPSA) is 70.2 Å². The number of hydrogen-bond donors (Lipinski definition) is 2. The number of alkyl halides is 4. The van der Waals surface area contributed by atoms with E-state index in [9.17, 15) is 22.4 Å². The fourth-order valence-electron chi connectivity index (χ4n) is 3.77. The second-order valence-corrected chi connectivity index (χ2v) is 9.95. The van der Waals surface area contributed by atoms with Gasteiger partial charge in [0, 0.05) is 24.2 Å². The summed E-state index contributed by atoms with van der Waals surface area (Å²) >= 11 is 2.54. The van der Waals surface area contributed by atoms with Gasteiger partial charge in [0.2, 0.25) is 5.95 Å². The Bertz CT molecular complexity index is 1010. The number of nitrogens with zero attached hydrogens (tertiary/aromatic N) is 3. The Morgan fingerprint density at radius 2 is 2.13 bits per heavy atom. The van der Waals surface area contributed by atoms with E-state index in [0.717, 1.165) is 11.3 Å². The summed E-state index contributed by atoms with van der Waals surface area (Å²) in [6, 6.07) is 0.839. The molecule has 6 nitrogen and oxygen atoms in total. The Labute approximate surface area is 185 Å². The zero-order valence-electron chi connectivity index (χ0n) is 17.0. The highest BCUT2D eigenvalue weighted by Crippen LogP contribution is 2.44. The molecule has 0 radical (unpaired) electrons. The van der Waals surface area contributed by atoms with E-state index in [1.165, 1.54) is 18.0 Å². The molecule has 168 valence electrons. The van der Waals surface area contributed by atoms with Crippen LogP contribution in [-0.4, -0.2) is 51.7 Å². The predicted octanol–water partition coefficient (Wildman–Crippen LogP) is 4.30. The zero-order chi connectivity index (χ0) is 22.6. The normalized spacial score (nSPS) is 23.5. The molecule has 2 N–H and O–H groups in total. The molecule has 0 bridgehead atoms. The lowest BCUT2D eigenvalue weighted by Gasteiger charge is -2.33. The fourth-order valence-corrected chi connectivity index (χ4v) is 5.56. The Hall–Kier alpha value is -1.92. The second kappa shape index (κ2) is 7.89. The van der Waals surface area contributed by atoms with Crippen LogP contribution in [0.15, 0.2) is 12.3 Å². The molecule has 4 heterocycles. The van der Waals surface area contributed by atoms with E-state index < -0.39 is 29.5 Å². The zero-order valence-corrected chi connectivity index (χ0v) is 18.6. The second-order valence-electron chi connectivity index (χ2n) is 8.01. The maximum absolute atomic E-state index is 14.5. The molecule has 2 unspecified atom stereocenters. The van der Waals surface area contributed by atoms with Crippen molar-refractivity contribution in [2.45, 2.75) is 44.2 Å². The molecular weight excluding hydrogens is 454 g/mol. The predicted molar refractivity (Wildman–Crippen MR) is 113 cm³/mol. The summed E-state index contributed by atoms with van der Waals surface area (Å²) in [4.78, 5) is 21.0. The number of nitrogens with one attached hydrogen (secondary N) is 2. The average molecular weight is 476 g/mol. The molecule has 1 amide bonds. The Balaban J connectivity index is 1.69. The van der Waals surface area contributed by atoms with E-state index in [1.54, 1.807) is 13.8 Å². The van der Waals surface area contributed by atoms with Crippen molar-refractivity contribution in [2.75, 3.05) is 24.7 Å². The monoisotopic (exact) mass is 475 g/mol. The molecular formula is C19H21F4N5OS2. The Morgan fingerprint density at radius 3 is 2.74 bits per heavy atom. The molecule has 4 rings (SSSR count). The summed E-state index contributed by atoms with van der Waals surface area (Å²) in [7, 11) is 0. The van der Waals surface area contributed by atoms with Crippen LogP contribution in [0.3, 0.4) is 0 Å². The van der Waals surface area contributed by atoms with E-state index in [0.29, 0.717) is 29.6 Å². The fraction of sp³-hybridized carbons (Fsp3) is 0.526. The first-order chi connectivity index (χ1) is 14.5. The van der Waals surface area contributed by atoms with E-state index in [1.807, 2.05) is 10.6 Å². The van der Waals surface area contributed by atoms with Gasteiger partial charge in [-0.2, -0.15) is 13.2 Å². The maximum atomic E-state index is 14.5. The minimum atomic E-state index is -4.67. The van der Waals surface area contributed by atoms with Crippen LogP contribution < -0.4 is 10.6 Å². The molecule has 0 aliphatic carbocycles. The molecule has 2 atom stereocenters. The number of piperidine rings is 1. The first kappa shape index (κ1) is 22.3. The number of fused-ring (bicyclic) bond motifs is 1. The molecule has 1 fully saturated rings. The molecule has 31 heavy (non-hydrogen) atoms. The van der Waals surface area contributed by atoms with Gasteiger partial charge in [0.25, 0.3) is 5.91 Å². The number of halogens is 4. The molecule has 0 aromatic carbocycles. The number of carbonyl (C=O) groups excluding carboxylic acids is 1. The maximum Gasteiger partial charge on any atom is 0.420 e. The number of thiophene rings is 1. The highest BCUT2D eigenvalue weighted by atomic mass is 32.2. The van der Waals surface area contributed by atoms with Crippen molar-refractivity contribution in [3.8, 4) is 10.6 Å². The highest BCUT2D eigenvalue weighted by molar-refractivity contribution is 7.96. The van der Waals surface area contributed by atoms with Crippen molar-refractivity contribution in [3.05, 3.63) is 28.3 Å². The van der Waals surface area contributed by atoms with Gasteiger partial charge in [0.15, 0.2) is 0 Å². The van der Waals surface area contributed by atoms with Crippen LogP contribution in [0.1, 0.15) is 41.1 Å². The van der Waals surface area contributed by atoms with Crippen molar-refractivity contribution in [1.29, 1.82) is 0 Å². The average Bonchev–Trinajstić information content (AvgIpc) is 3.22. The molecule has 0 spiro atoms. The van der Waals surface area contributed by atoms with Gasteiger partial charge in [-0.15, -0.1) is 11.3 Å². The number of aromatic nitrogens is 2. The van der Waals surface area contributed by atoms with E-state index in [2.05, 4.69) is 20.6 Å². The molecule has 0 saturated carbocycles. The number of amides is 1. The van der Waals surface area contributed by atoms with Gasteiger partial charge in [0.05, 0.1) is 27.7 Å². The summed E-state index contributed by atoms with van der Waals surface area (Å²) < 4.78 is 57.4. The molecule has 2 aromatic heterocycles. The Kier molecular flexibility index (Phi) is 5.67.